The molecule has 1 heterocycles. The molecule has 0 aromatic heterocycles. The number of ether oxygens (including phenoxy) is 1. The molecule has 1 atom stereocenters. The summed E-state index contributed by atoms with van der Waals surface area (Å²) in [6.07, 6.45) is 4.22. The van der Waals surface area contributed by atoms with E-state index in [1.54, 1.807) is 0 Å². The summed E-state index contributed by atoms with van der Waals surface area (Å²) >= 11 is 12.2. The van der Waals surface area contributed by atoms with Crippen LogP contribution in [0.5, 0.6) is 0 Å². The number of carbonyl (C=O) groups is 1. The molecule has 5 nitrogen and oxygen atoms in total. The maximum Gasteiger partial charge on any atom is 0.169 e. The molecule has 1 aromatic carbocycles. The first-order chi connectivity index (χ1) is 13.6. The summed E-state index contributed by atoms with van der Waals surface area (Å²) in [6, 6.07) is 7.66. The summed E-state index contributed by atoms with van der Waals surface area (Å²) in [5.41, 5.74) is 0.0894. The van der Waals surface area contributed by atoms with Gasteiger partial charge in [-0.1, -0.05) is 29.8 Å². The van der Waals surface area contributed by atoms with Crippen LogP contribution in [0.3, 0.4) is 0 Å². The summed E-state index contributed by atoms with van der Waals surface area (Å²) in [6.45, 7) is 5.43. The zero-order valence-corrected chi connectivity index (χ0v) is 18.2. The van der Waals surface area contributed by atoms with Crippen molar-refractivity contribution in [3.63, 3.8) is 0 Å². The first kappa shape index (κ1) is 21.5. The number of benzene rings is 1. The van der Waals surface area contributed by atoms with E-state index in [0.29, 0.717) is 16.6 Å². The van der Waals surface area contributed by atoms with Gasteiger partial charge in [0, 0.05) is 43.7 Å². The van der Waals surface area contributed by atoms with Gasteiger partial charge in [-0.25, -0.2) is 0 Å². The van der Waals surface area contributed by atoms with Crippen LogP contribution in [0, 0.1) is 0 Å². The van der Waals surface area contributed by atoms with Crippen molar-refractivity contribution < 1.29 is 9.53 Å². The number of thiocarbonyl (C=S) groups is 1. The Morgan fingerprint density at radius 2 is 2.07 bits per heavy atom. The van der Waals surface area contributed by atoms with Crippen molar-refractivity contribution in [2.45, 2.75) is 37.6 Å². The normalized spacial score (nSPS) is 23.4. The molecule has 1 aliphatic heterocycles. The highest BCUT2D eigenvalue weighted by molar-refractivity contribution is 7.80. The quantitative estimate of drug-likeness (QED) is 0.560. The van der Waals surface area contributed by atoms with Gasteiger partial charge in [0.05, 0.1) is 13.2 Å². The van der Waals surface area contributed by atoms with Crippen molar-refractivity contribution in [3.05, 3.63) is 34.9 Å². The van der Waals surface area contributed by atoms with Gasteiger partial charge in [-0.2, -0.15) is 0 Å². The van der Waals surface area contributed by atoms with Crippen LogP contribution in [0.15, 0.2) is 24.3 Å². The highest BCUT2D eigenvalue weighted by atomic mass is 35.5. The number of nitrogens with zero attached hydrogens (tertiary/aromatic N) is 2. The Bertz CT molecular complexity index is 696. The average molecular weight is 424 g/mol. The van der Waals surface area contributed by atoms with Crippen LogP contribution in [0.25, 0.3) is 0 Å². The Balaban J connectivity index is 1.65. The number of Topliss-reactive ketones (excluding diaryl/α,β-unsaturated/α-hetero) is 1. The second-order valence-electron chi connectivity index (χ2n) is 7.57. The van der Waals surface area contributed by atoms with E-state index >= 15 is 0 Å². The molecule has 3 rings (SSSR count). The summed E-state index contributed by atoms with van der Waals surface area (Å²) in [5, 5.41) is 4.59. The maximum absolute atomic E-state index is 13.1. The van der Waals surface area contributed by atoms with E-state index in [9.17, 15) is 4.79 Å². The summed E-state index contributed by atoms with van der Waals surface area (Å²) in [4.78, 5) is 17.5. The minimum absolute atomic E-state index is 0.201. The molecule has 7 heteroatoms. The van der Waals surface area contributed by atoms with Crippen molar-refractivity contribution in [3.8, 4) is 0 Å². The van der Waals surface area contributed by atoms with Crippen molar-refractivity contribution >= 4 is 34.7 Å². The van der Waals surface area contributed by atoms with Crippen LogP contribution >= 0.6 is 23.8 Å². The van der Waals surface area contributed by atoms with Gasteiger partial charge in [0.2, 0.25) is 0 Å². The van der Waals surface area contributed by atoms with Gasteiger partial charge in [0.25, 0.3) is 0 Å². The maximum atomic E-state index is 13.1. The monoisotopic (exact) mass is 423 g/mol. The number of rotatable bonds is 6. The topological polar surface area (TPSA) is 44.8 Å². The molecular weight excluding hydrogens is 394 g/mol. The fraction of sp³-hybridized carbons (Fsp3) is 0.619. The smallest absolute Gasteiger partial charge is 0.169 e. The summed E-state index contributed by atoms with van der Waals surface area (Å²) < 4.78 is 5.39. The first-order valence-corrected chi connectivity index (χ1v) is 10.9. The van der Waals surface area contributed by atoms with Crippen molar-refractivity contribution in [2.75, 3.05) is 46.4 Å². The second-order valence-corrected chi connectivity index (χ2v) is 8.36. The predicted octanol–water partition coefficient (Wildman–Crippen LogP) is 3.21. The molecule has 2 fully saturated rings. The predicted molar refractivity (Wildman–Crippen MR) is 117 cm³/mol. The zero-order chi connectivity index (χ0) is 20.0. The summed E-state index contributed by atoms with van der Waals surface area (Å²) in [5.74, 6) is 0.201. The largest absolute Gasteiger partial charge is 0.379 e. The van der Waals surface area contributed by atoms with E-state index in [2.05, 4.69) is 10.2 Å². The standard InChI is InChI=1S/C21H30ClN3O2S/c1-24(20(28)23-11-6-12-25-13-15-27-16-14-25)21(10-5-4-9-19(21)26)17-7-2-3-8-18(17)22/h2-3,7-8H,4-6,9-16H2,1H3,(H,23,28)/t21-/m1/s1. The number of carbonyl (C=O) groups excluding carboxylic acids is 1. The van der Waals surface area contributed by atoms with Crippen molar-refractivity contribution in [2.24, 2.45) is 0 Å². The van der Waals surface area contributed by atoms with Crippen LogP contribution in [0.4, 0.5) is 0 Å². The first-order valence-electron chi connectivity index (χ1n) is 10.2. The number of nitrogens with one attached hydrogen (secondary N) is 1. The third kappa shape index (κ3) is 4.67. The molecule has 2 aliphatic rings. The summed E-state index contributed by atoms with van der Waals surface area (Å²) in [7, 11) is 1.92. The minimum Gasteiger partial charge on any atom is -0.379 e. The number of likely N-dealkylation sites (N-methyl/N-ethyl adjacent to an activating group) is 1. The van der Waals surface area contributed by atoms with Crippen LogP contribution in [0.1, 0.15) is 37.7 Å². The van der Waals surface area contributed by atoms with Crippen LogP contribution in [-0.2, 0) is 15.1 Å². The Labute approximate surface area is 178 Å². The fourth-order valence-electron chi connectivity index (χ4n) is 4.24. The zero-order valence-electron chi connectivity index (χ0n) is 16.6. The van der Waals surface area contributed by atoms with E-state index in [4.69, 9.17) is 28.6 Å². The van der Waals surface area contributed by atoms with E-state index in [1.165, 1.54) is 0 Å². The highest BCUT2D eigenvalue weighted by Crippen LogP contribution is 2.42. The van der Waals surface area contributed by atoms with Gasteiger partial charge in [-0.3, -0.25) is 9.69 Å². The lowest BCUT2D eigenvalue weighted by atomic mass is 9.74. The van der Waals surface area contributed by atoms with Gasteiger partial charge >= 0.3 is 0 Å². The molecule has 1 saturated carbocycles. The molecule has 1 aliphatic carbocycles. The molecule has 0 radical (unpaired) electrons. The van der Waals surface area contributed by atoms with Crippen LogP contribution in [-0.4, -0.2) is 67.1 Å². The molecule has 28 heavy (non-hydrogen) atoms. The SMILES string of the molecule is CN(C(=S)NCCCN1CCOCC1)[C@@]1(c2ccccc2Cl)CCCCC1=O. The molecule has 0 spiro atoms. The van der Waals surface area contributed by atoms with E-state index in [1.807, 2.05) is 36.2 Å². The molecule has 0 bridgehead atoms. The van der Waals surface area contributed by atoms with Crippen LogP contribution < -0.4 is 5.32 Å². The Morgan fingerprint density at radius 1 is 1.32 bits per heavy atom. The fourth-order valence-corrected chi connectivity index (χ4v) is 4.79. The molecule has 1 aromatic rings. The highest BCUT2D eigenvalue weighted by Gasteiger charge is 2.47. The van der Waals surface area contributed by atoms with E-state index < -0.39 is 5.54 Å². The van der Waals surface area contributed by atoms with Gasteiger partial charge in [-0.15, -0.1) is 0 Å². The van der Waals surface area contributed by atoms with E-state index in [0.717, 1.165) is 70.6 Å². The molecular formula is C21H30ClN3O2S. The van der Waals surface area contributed by atoms with Crippen molar-refractivity contribution in [1.82, 2.24) is 15.1 Å². The lowest BCUT2D eigenvalue weighted by molar-refractivity contribution is -0.131. The Kier molecular flexibility index (Phi) is 7.69. The third-order valence-corrected chi connectivity index (χ3v) is 6.63. The lowest BCUT2D eigenvalue weighted by Crippen LogP contribution is -2.56. The minimum atomic E-state index is -0.773. The third-order valence-electron chi connectivity index (χ3n) is 5.88. The molecule has 0 unspecified atom stereocenters. The molecule has 154 valence electrons. The average Bonchev–Trinajstić information content (AvgIpc) is 2.72. The number of hydrogen-bond donors (Lipinski definition) is 1. The number of morpholine rings is 1. The van der Waals surface area contributed by atoms with Gasteiger partial charge in [-0.05, 0) is 50.5 Å². The Morgan fingerprint density at radius 3 is 2.79 bits per heavy atom. The van der Waals surface area contributed by atoms with Crippen LogP contribution in [0.2, 0.25) is 5.02 Å². The van der Waals surface area contributed by atoms with Crippen molar-refractivity contribution in [1.29, 1.82) is 0 Å². The van der Waals surface area contributed by atoms with Gasteiger partial charge < -0.3 is 15.0 Å². The molecule has 0 amide bonds. The van der Waals surface area contributed by atoms with Gasteiger partial charge in [0.1, 0.15) is 5.54 Å². The molecule has 1 N–H and O–H groups in total. The second kappa shape index (κ2) is 10.0. The van der Waals surface area contributed by atoms with E-state index in [-0.39, 0.29) is 5.78 Å². The number of hydrogen-bond acceptors (Lipinski definition) is 4. The number of halogens is 1. The lowest BCUT2D eigenvalue weighted by Gasteiger charge is -2.45. The van der Waals surface area contributed by atoms with Gasteiger partial charge in [0.15, 0.2) is 10.9 Å². The number of ketones is 1. The molecule has 1 saturated heterocycles. The Hall–Kier alpha value is -1.21.